The average molecular weight is 230 g/mol. The van der Waals surface area contributed by atoms with Crippen LogP contribution in [0.5, 0.6) is 0 Å². The molecular weight excluding hydrogens is 216 g/mol. The van der Waals surface area contributed by atoms with Gasteiger partial charge in [0.15, 0.2) is 6.23 Å². The fourth-order valence-electron chi connectivity index (χ4n) is 1.81. The molecule has 2 unspecified atom stereocenters. The van der Waals surface area contributed by atoms with E-state index < -0.39 is 0 Å². The van der Waals surface area contributed by atoms with E-state index >= 15 is 0 Å². The summed E-state index contributed by atoms with van der Waals surface area (Å²) < 4.78 is 5.75. The van der Waals surface area contributed by atoms with E-state index in [0.717, 1.165) is 11.3 Å². The Morgan fingerprint density at radius 3 is 2.88 bits per heavy atom. The lowest BCUT2D eigenvalue weighted by atomic mass is 10.2. The maximum atomic E-state index is 8.22. The Kier molecular flexibility index (Phi) is 3.75. The van der Waals surface area contributed by atoms with E-state index in [0.29, 0.717) is 13.0 Å². The van der Waals surface area contributed by atoms with Crippen LogP contribution in [0.4, 0.5) is 0 Å². The summed E-state index contributed by atoms with van der Waals surface area (Å²) in [5.41, 5.74) is 10.2. The molecule has 5 nitrogen and oxygen atoms in total. The largest absolute Gasteiger partial charge is 0.343 e. The van der Waals surface area contributed by atoms with Gasteiger partial charge in [0.1, 0.15) is 0 Å². The van der Waals surface area contributed by atoms with Crippen molar-refractivity contribution >= 4 is 5.71 Å². The molecule has 2 rings (SSSR count). The Morgan fingerprint density at radius 2 is 2.18 bits per heavy atom. The molecule has 5 heteroatoms. The number of aliphatic imine (C=N–C) groups is 1. The zero-order valence-corrected chi connectivity index (χ0v) is 9.65. The zero-order valence-electron chi connectivity index (χ0n) is 9.65. The van der Waals surface area contributed by atoms with Crippen molar-refractivity contribution in [2.45, 2.75) is 25.7 Å². The first-order valence-electron chi connectivity index (χ1n) is 5.59. The number of rotatable bonds is 4. The molecule has 1 aliphatic rings. The Balaban J connectivity index is 2.06. The average Bonchev–Trinajstić information content (AvgIpc) is 2.73. The molecule has 0 amide bonds. The van der Waals surface area contributed by atoms with Gasteiger partial charge in [0.25, 0.3) is 0 Å². The number of nitrogens with zero attached hydrogens (tertiary/aromatic N) is 4. The summed E-state index contributed by atoms with van der Waals surface area (Å²) in [6, 6.07) is 9.90. The molecule has 0 fully saturated rings. The highest BCUT2D eigenvalue weighted by molar-refractivity contribution is 5.89. The van der Waals surface area contributed by atoms with Gasteiger partial charge in [-0.2, -0.15) is 0 Å². The highest BCUT2D eigenvalue weighted by Gasteiger charge is 2.25. The molecule has 1 heterocycles. The number of ether oxygens (including phenoxy) is 1. The van der Waals surface area contributed by atoms with Gasteiger partial charge in [-0.1, -0.05) is 35.4 Å². The molecule has 1 aromatic rings. The third-order valence-corrected chi connectivity index (χ3v) is 2.70. The predicted octanol–water partition coefficient (Wildman–Crippen LogP) is 3.25. The predicted molar refractivity (Wildman–Crippen MR) is 65.8 cm³/mol. The lowest BCUT2D eigenvalue weighted by Gasteiger charge is -2.09. The van der Waals surface area contributed by atoms with Crippen LogP contribution < -0.4 is 0 Å². The van der Waals surface area contributed by atoms with Gasteiger partial charge in [0.2, 0.25) is 0 Å². The zero-order chi connectivity index (χ0) is 12.1. The second-order valence-corrected chi connectivity index (χ2v) is 3.87. The summed E-state index contributed by atoms with van der Waals surface area (Å²) in [5, 5.41) is 3.51. The fourth-order valence-corrected chi connectivity index (χ4v) is 1.81. The number of hydrogen-bond acceptors (Lipinski definition) is 3. The monoisotopic (exact) mass is 230 g/mol. The smallest absolute Gasteiger partial charge is 0.175 e. The minimum atomic E-state index is -0.215. The SMILES string of the molecule is CC1OC(c2ccccc2)N=C1CCN=[N+]=[N-]. The van der Waals surface area contributed by atoms with Crippen LogP contribution in [0.15, 0.2) is 40.4 Å². The molecule has 0 aliphatic carbocycles. The normalized spacial score (nSPS) is 23.0. The molecule has 2 atom stereocenters. The molecule has 1 aliphatic heterocycles. The summed E-state index contributed by atoms with van der Waals surface area (Å²) >= 11 is 0. The van der Waals surface area contributed by atoms with Crippen molar-refractivity contribution in [3.63, 3.8) is 0 Å². The lowest BCUT2D eigenvalue weighted by molar-refractivity contribution is 0.0592. The summed E-state index contributed by atoms with van der Waals surface area (Å²) in [6.45, 7) is 2.41. The molecule has 0 spiro atoms. The van der Waals surface area contributed by atoms with Gasteiger partial charge in [-0.25, -0.2) is 0 Å². The molecule has 1 aromatic carbocycles. The van der Waals surface area contributed by atoms with Crippen molar-refractivity contribution in [2.75, 3.05) is 6.54 Å². The molecule has 0 aromatic heterocycles. The molecule has 0 saturated carbocycles. The summed E-state index contributed by atoms with van der Waals surface area (Å²) in [6.07, 6.45) is 0.440. The van der Waals surface area contributed by atoms with Crippen LogP contribution >= 0.6 is 0 Å². The maximum Gasteiger partial charge on any atom is 0.175 e. The number of benzene rings is 1. The van der Waals surface area contributed by atoms with E-state index in [-0.39, 0.29) is 12.3 Å². The van der Waals surface area contributed by atoms with Crippen LogP contribution in [-0.2, 0) is 4.74 Å². The minimum absolute atomic E-state index is 0.00546. The van der Waals surface area contributed by atoms with E-state index in [1.165, 1.54) is 0 Å². The summed E-state index contributed by atoms with van der Waals surface area (Å²) in [4.78, 5) is 7.25. The van der Waals surface area contributed by atoms with E-state index in [1.807, 2.05) is 37.3 Å². The van der Waals surface area contributed by atoms with Crippen LogP contribution in [0.25, 0.3) is 10.4 Å². The first-order valence-corrected chi connectivity index (χ1v) is 5.59. The van der Waals surface area contributed by atoms with Crippen molar-refractivity contribution in [3.8, 4) is 0 Å². The van der Waals surface area contributed by atoms with Gasteiger partial charge in [-0.3, -0.25) is 4.99 Å². The Morgan fingerprint density at radius 1 is 1.41 bits per heavy atom. The van der Waals surface area contributed by atoms with Crippen LogP contribution in [0, 0.1) is 0 Å². The topological polar surface area (TPSA) is 70.4 Å². The highest BCUT2D eigenvalue weighted by Crippen LogP contribution is 2.27. The molecular formula is C12H14N4O. The second kappa shape index (κ2) is 5.48. The Hall–Kier alpha value is -1.84. The summed E-state index contributed by atoms with van der Waals surface area (Å²) in [5.74, 6) is 0. The Labute approximate surface area is 99.8 Å². The molecule has 0 bridgehead atoms. The number of hydrogen-bond donors (Lipinski definition) is 0. The van der Waals surface area contributed by atoms with Gasteiger partial charge in [0.05, 0.1) is 6.10 Å². The molecule has 88 valence electrons. The minimum Gasteiger partial charge on any atom is -0.343 e. The van der Waals surface area contributed by atoms with E-state index in [4.69, 9.17) is 10.3 Å². The molecule has 0 saturated heterocycles. The van der Waals surface area contributed by atoms with Crippen LogP contribution in [-0.4, -0.2) is 18.4 Å². The number of azide groups is 1. The van der Waals surface area contributed by atoms with Crippen molar-refractivity contribution in [1.82, 2.24) is 0 Å². The van der Waals surface area contributed by atoms with E-state index in [9.17, 15) is 0 Å². The van der Waals surface area contributed by atoms with Crippen molar-refractivity contribution in [3.05, 3.63) is 46.3 Å². The van der Waals surface area contributed by atoms with Gasteiger partial charge < -0.3 is 4.74 Å². The lowest BCUT2D eigenvalue weighted by Crippen LogP contribution is -2.15. The Bertz CT molecular complexity index is 451. The highest BCUT2D eigenvalue weighted by atomic mass is 16.5. The molecule has 0 radical (unpaired) electrons. The van der Waals surface area contributed by atoms with Gasteiger partial charge in [-0.05, 0) is 18.9 Å². The van der Waals surface area contributed by atoms with Crippen LogP contribution in [0.2, 0.25) is 0 Å². The first-order chi connectivity index (χ1) is 8.31. The molecule has 0 N–H and O–H groups in total. The van der Waals surface area contributed by atoms with E-state index in [2.05, 4.69) is 15.0 Å². The van der Waals surface area contributed by atoms with Crippen molar-refractivity contribution in [1.29, 1.82) is 0 Å². The third kappa shape index (κ3) is 2.84. The quantitative estimate of drug-likeness (QED) is 0.444. The van der Waals surface area contributed by atoms with Crippen molar-refractivity contribution in [2.24, 2.45) is 10.1 Å². The maximum absolute atomic E-state index is 8.22. The second-order valence-electron chi connectivity index (χ2n) is 3.87. The van der Waals surface area contributed by atoms with Gasteiger partial charge >= 0.3 is 0 Å². The van der Waals surface area contributed by atoms with Crippen LogP contribution in [0.1, 0.15) is 25.1 Å². The van der Waals surface area contributed by atoms with E-state index in [1.54, 1.807) is 0 Å². The third-order valence-electron chi connectivity index (χ3n) is 2.70. The summed E-state index contributed by atoms with van der Waals surface area (Å²) in [7, 11) is 0. The molecule has 17 heavy (non-hydrogen) atoms. The standard InChI is InChI=1S/C12H14N4O/c1-9-11(7-8-14-16-13)15-12(17-9)10-5-3-2-4-6-10/h2-6,9,12H,7-8H2,1H3. The fraction of sp³-hybridized carbons (Fsp3) is 0.417. The first kappa shape index (κ1) is 11.6. The van der Waals surface area contributed by atoms with Crippen LogP contribution in [0.3, 0.4) is 0 Å². The van der Waals surface area contributed by atoms with Gasteiger partial charge in [0, 0.05) is 22.7 Å². The van der Waals surface area contributed by atoms with Crippen molar-refractivity contribution < 1.29 is 4.74 Å². The van der Waals surface area contributed by atoms with Gasteiger partial charge in [-0.15, -0.1) is 0 Å².